The van der Waals surface area contributed by atoms with Gasteiger partial charge in [0, 0.05) is 0 Å². The molecular formula is C9H16O5. The quantitative estimate of drug-likeness (QED) is 0.441. The lowest BCUT2D eigenvalue weighted by atomic mass is 9.69. The molecule has 0 radical (unpaired) electrons. The number of rotatable bonds is 1. The first-order valence-corrected chi connectivity index (χ1v) is 4.65. The summed E-state index contributed by atoms with van der Waals surface area (Å²) in [7, 11) is 0. The molecule has 0 spiro atoms. The second-order valence-electron chi connectivity index (χ2n) is 4.05. The van der Waals surface area contributed by atoms with E-state index in [1.54, 1.807) is 13.8 Å². The number of carboxylic acids is 1. The Labute approximate surface area is 82.0 Å². The molecule has 0 saturated heterocycles. The highest BCUT2D eigenvalue weighted by Crippen LogP contribution is 2.35. The predicted octanol–water partition coefficient (Wildman–Crippen LogP) is -0.944. The van der Waals surface area contributed by atoms with Crippen molar-refractivity contribution in [1.29, 1.82) is 0 Å². The van der Waals surface area contributed by atoms with Crippen LogP contribution in [0.25, 0.3) is 0 Å². The fourth-order valence-electron chi connectivity index (χ4n) is 2.18. The van der Waals surface area contributed by atoms with Gasteiger partial charge in [0.05, 0.1) is 18.1 Å². The van der Waals surface area contributed by atoms with Gasteiger partial charge in [-0.25, -0.2) is 0 Å². The van der Waals surface area contributed by atoms with Crippen molar-refractivity contribution in [2.75, 3.05) is 0 Å². The van der Waals surface area contributed by atoms with Gasteiger partial charge in [-0.3, -0.25) is 4.79 Å². The van der Waals surface area contributed by atoms with Gasteiger partial charge in [-0.05, 0) is 11.8 Å². The summed E-state index contributed by atoms with van der Waals surface area (Å²) in [5.41, 5.74) is 0. The molecule has 5 heteroatoms. The lowest BCUT2D eigenvalue weighted by Crippen LogP contribution is -2.56. The predicted molar refractivity (Wildman–Crippen MR) is 47.5 cm³/mol. The van der Waals surface area contributed by atoms with Crippen LogP contribution in [0.3, 0.4) is 0 Å². The largest absolute Gasteiger partial charge is 0.481 e. The topological polar surface area (TPSA) is 98.0 Å². The minimum atomic E-state index is -1.25. The van der Waals surface area contributed by atoms with Crippen LogP contribution in [0.2, 0.25) is 0 Å². The van der Waals surface area contributed by atoms with E-state index in [1.165, 1.54) is 0 Å². The number of aliphatic hydroxyl groups excluding tert-OH is 3. The molecule has 0 amide bonds. The molecule has 1 aliphatic rings. The number of carboxylic acid groups (broad SMARTS) is 1. The zero-order valence-corrected chi connectivity index (χ0v) is 8.16. The van der Waals surface area contributed by atoms with E-state index < -0.39 is 42.0 Å². The van der Waals surface area contributed by atoms with Crippen molar-refractivity contribution in [2.24, 2.45) is 17.8 Å². The van der Waals surface area contributed by atoms with Gasteiger partial charge >= 0.3 is 5.97 Å². The van der Waals surface area contributed by atoms with Crippen LogP contribution >= 0.6 is 0 Å². The van der Waals surface area contributed by atoms with Crippen LogP contribution in [0.5, 0.6) is 0 Å². The van der Waals surface area contributed by atoms with Crippen LogP contribution in [-0.4, -0.2) is 44.7 Å². The second kappa shape index (κ2) is 3.84. The molecule has 1 rings (SSSR count). The second-order valence-corrected chi connectivity index (χ2v) is 4.05. The lowest BCUT2D eigenvalue weighted by molar-refractivity contribution is -0.175. The summed E-state index contributed by atoms with van der Waals surface area (Å²) in [5, 5.41) is 37.3. The molecule has 14 heavy (non-hydrogen) atoms. The van der Waals surface area contributed by atoms with Gasteiger partial charge in [-0.15, -0.1) is 0 Å². The Balaban J connectivity index is 2.92. The van der Waals surface area contributed by atoms with Crippen LogP contribution in [0.4, 0.5) is 0 Å². The highest BCUT2D eigenvalue weighted by atomic mass is 16.4. The highest BCUT2D eigenvalue weighted by Gasteiger charge is 2.48. The molecule has 6 atom stereocenters. The maximum Gasteiger partial charge on any atom is 0.307 e. The molecule has 1 saturated carbocycles. The molecule has 1 fully saturated rings. The maximum absolute atomic E-state index is 10.9. The van der Waals surface area contributed by atoms with Crippen molar-refractivity contribution in [3.8, 4) is 0 Å². The van der Waals surface area contributed by atoms with E-state index in [9.17, 15) is 20.1 Å². The summed E-state index contributed by atoms with van der Waals surface area (Å²) < 4.78 is 0. The third-order valence-electron chi connectivity index (χ3n) is 3.20. The van der Waals surface area contributed by atoms with Crippen LogP contribution in [-0.2, 0) is 4.79 Å². The van der Waals surface area contributed by atoms with Gasteiger partial charge in [0.25, 0.3) is 0 Å². The van der Waals surface area contributed by atoms with E-state index in [0.717, 1.165) is 0 Å². The molecule has 5 nitrogen and oxygen atoms in total. The van der Waals surface area contributed by atoms with Gasteiger partial charge < -0.3 is 20.4 Å². The van der Waals surface area contributed by atoms with E-state index in [2.05, 4.69) is 0 Å². The minimum absolute atomic E-state index is 0.555. The smallest absolute Gasteiger partial charge is 0.307 e. The van der Waals surface area contributed by atoms with E-state index >= 15 is 0 Å². The standard InChI is InChI=1S/C9H16O5/c1-3-5(9(13)14)4(2)7(11)8(12)6(3)10/h3-8,10-12H,1-2H3,(H,13,14)/t3-,4+,5?,6-,7+,8?. The van der Waals surface area contributed by atoms with Gasteiger partial charge in [-0.2, -0.15) is 0 Å². The molecule has 0 heterocycles. The summed E-state index contributed by atoms with van der Waals surface area (Å²) in [6, 6.07) is 0. The van der Waals surface area contributed by atoms with Gasteiger partial charge in [0.15, 0.2) is 0 Å². The van der Waals surface area contributed by atoms with Crippen LogP contribution < -0.4 is 0 Å². The summed E-state index contributed by atoms with van der Waals surface area (Å²) in [6.45, 7) is 3.13. The molecular weight excluding hydrogens is 188 g/mol. The average Bonchev–Trinajstić information content (AvgIpc) is 2.11. The Morgan fingerprint density at radius 3 is 1.57 bits per heavy atom. The van der Waals surface area contributed by atoms with Crippen molar-refractivity contribution in [2.45, 2.75) is 32.2 Å². The van der Waals surface area contributed by atoms with Crippen molar-refractivity contribution in [1.82, 2.24) is 0 Å². The monoisotopic (exact) mass is 204 g/mol. The Morgan fingerprint density at radius 1 is 0.929 bits per heavy atom. The maximum atomic E-state index is 10.9. The van der Waals surface area contributed by atoms with Crippen LogP contribution in [0, 0.1) is 17.8 Å². The first kappa shape index (κ1) is 11.4. The number of hydrogen-bond acceptors (Lipinski definition) is 4. The third kappa shape index (κ3) is 1.63. The summed E-state index contributed by atoms with van der Waals surface area (Å²) in [6.07, 6.45) is -3.61. The molecule has 0 aliphatic heterocycles. The van der Waals surface area contributed by atoms with Gasteiger partial charge in [-0.1, -0.05) is 13.8 Å². The summed E-state index contributed by atoms with van der Waals surface area (Å²) in [4.78, 5) is 10.9. The Morgan fingerprint density at radius 2 is 1.29 bits per heavy atom. The van der Waals surface area contributed by atoms with Gasteiger partial charge in [0.2, 0.25) is 0 Å². The van der Waals surface area contributed by atoms with E-state index in [4.69, 9.17) is 5.11 Å². The Hall–Kier alpha value is -0.650. The Kier molecular flexibility index (Phi) is 3.14. The zero-order valence-electron chi connectivity index (χ0n) is 8.16. The normalized spacial score (nSPS) is 48.9. The van der Waals surface area contributed by atoms with E-state index in [-0.39, 0.29) is 0 Å². The number of carbonyl (C=O) groups is 1. The molecule has 0 aromatic heterocycles. The highest BCUT2D eigenvalue weighted by molar-refractivity contribution is 5.71. The fourth-order valence-corrected chi connectivity index (χ4v) is 2.18. The molecule has 2 unspecified atom stereocenters. The third-order valence-corrected chi connectivity index (χ3v) is 3.20. The number of aliphatic carboxylic acids is 1. The zero-order chi connectivity index (χ0) is 11.0. The SMILES string of the molecule is C[C@@H]1C(C(=O)O)[C@H](C)[C@H](O)C(O)[C@@H]1O. The van der Waals surface area contributed by atoms with Crippen LogP contribution in [0.15, 0.2) is 0 Å². The summed E-state index contributed by atoms with van der Waals surface area (Å²) in [5.74, 6) is -2.97. The fraction of sp³-hybridized carbons (Fsp3) is 0.889. The lowest BCUT2D eigenvalue weighted by Gasteiger charge is -2.41. The molecule has 4 N–H and O–H groups in total. The van der Waals surface area contributed by atoms with Crippen molar-refractivity contribution < 1.29 is 25.2 Å². The molecule has 82 valence electrons. The average molecular weight is 204 g/mol. The first-order chi connectivity index (χ1) is 6.37. The molecule has 0 aromatic rings. The van der Waals surface area contributed by atoms with E-state index in [0.29, 0.717) is 0 Å². The first-order valence-electron chi connectivity index (χ1n) is 4.65. The van der Waals surface area contributed by atoms with Crippen molar-refractivity contribution >= 4 is 5.97 Å². The van der Waals surface area contributed by atoms with E-state index in [1.807, 2.05) is 0 Å². The summed E-state index contributed by atoms with van der Waals surface area (Å²) >= 11 is 0. The molecule has 1 aliphatic carbocycles. The Bertz CT molecular complexity index is 213. The van der Waals surface area contributed by atoms with Crippen LogP contribution in [0.1, 0.15) is 13.8 Å². The number of hydrogen-bond donors (Lipinski definition) is 4. The number of aliphatic hydroxyl groups is 3. The van der Waals surface area contributed by atoms with Crippen molar-refractivity contribution in [3.05, 3.63) is 0 Å². The molecule has 0 aromatic carbocycles. The van der Waals surface area contributed by atoms with Crippen molar-refractivity contribution in [3.63, 3.8) is 0 Å². The minimum Gasteiger partial charge on any atom is -0.481 e. The molecule has 0 bridgehead atoms. The van der Waals surface area contributed by atoms with Gasteiger partial charge in [0.1, 0.15) is 6.10 Å².